The van der Waals surface area contributed by atoms with Crippen molar-refractivity contribution in [1.82, 2.24) is 0 Å². The van der Waals surface area contributed by atoms with E-state index in [-0.39, 0.29) is 81.0 Å². The van der Waals surface area contributed by atoms with Crippen molar-refractivity contribution in [3.8, 4) is 0 Å². The molecule has 0 radical (unpaired) electrons. The fourth-order valence-corrected chi connectivity index (χ4v) is 2.84. The van der Waals surface area contributed by atoms with Crippen LogP contribution in [-0.4, -0.2) is 19.0 Å². The van der Waals surface area contributed by atoms with E-state index >= 15 is 0 Å². The Kier molecular flexibility index (Phi) is 9.13. The second kappa shape index (κ2) is 10.4. The van der Waals surface area contributed by atoms with E-state index in [1.165, 1.54) is 13.2 Å². The smallest absolute Gasteiger partial charge is 0.542 e. The third kappa shape index (κ3) is 4.93. The molecule has 0 fully saturated rings. The van der Waals surface area contributed by atoms with Gasteiger partial charge in [0.15, 0.2) is 16.9 Å². The van der Waals surface area contributed by atoms with Gasteiger partial charge >= 0.3 is 59.1 Å². The summed E-state index contributed by atoms with van der Waals surface area (Å²) in [6, 6.07) is 3.31. The largest absolute Gasteiger partial charge is 1.00 e. The number of aryl methyl sites for hydroxylation is 1. The third-order valence-electron chi connectivity index (χ3n) is 3.91. The number of hydrogen-bond acceptors (Lipinski definition) is 9. The average molecular weight is 417 g/mol. The number of carboxylic acids is 2. The molecule has 2 aromatic heterocycles. The van der Waals surface area contributed by atoms with E-state index in [1.807, 2.05) is 6.92 Å². The number of fused-ring (bicyclic) bond motifs is 2. The van der Waals surface area contributed by atoms with Gasteiger partial charge in [0.1, 0.15) is 35.6 Å². The fourth-order valence-electron chi connectivity index (χ4n) is 2.84. The van der Waals surface area contributed by atoms with E-state index in [0.717, 1.165) is 12.1 Å². The molecular weight excluding hydrogens is 404 g/mol. The molecule has 3 rings (SSSR count). The van der Waals surface area contributed by atoms with E-state index in [4.69, 9.17) is 13.7 Å². The Labute approximate surface area is 207 Å². The predicted molar refractivity (Wildman–Crippen MR) is 87.5 cm³/mol. The fraction of sp³-hybridized carbons (Fsp3) is 0.222. The molecule has 0 spiro atoms. The molecule has 29 heavy (non-hydrogen) atoms. The first-order valence-corrected chi connectivity index (χ1v) is 7.94. The van der Waals surface area contributed by atoms with Gasteiger partial charge < -0.3 is 33.5 Å². The van der Waals surface area contributed by atoms with Crippen molar-refractivity contribution in [3.05, 3.63) is 50.9 Å². The summed E-state index contributed by atoms with van der Waals surface area (Å²) < 4.78 is 10.8. The molecule has 0 aliphatic heterocycles. The van der Waals surface area contributed by atoms with Crippen molar-refractivity contribution >= 4 is 33.9 Å². The van der Waals surface area contributed by atoms with E-state index in [0.29, 0.717) is 23.8 Å². The van der Waals surface area contributed by atoms with Gasteiger partial charge in [-0.15, -0.1) is 0 Å². The summed E-state index contributed by atoms with van der Waals surface area (Å²) in [7, 11) is 1.28. The maximum absolute atomic E-state index is 12.4. The first-order valence-electron chi connectivity index (χ1n) is 7.94. The van der Waals surface area contributed by atoms with Crippen LogP contribution in [0.3, 0.4) is 0 Å². The van der Waals surface area contributed by atoms with Gasteiger partial charge in [0.25, 0.3) is 0 Å². The minimum Gasteiger partial charge on any atom is -0.542 e. The SMILES string of the molecule is CCCc1c2oc(C(=O)[O-])cc(=O)c2cc2/c(=N\OC)cc(C(=O)[O-])oc12.[Na+].[Na+]. The molecule has 11 heteroatoms. The zero-order valence-corrected chi connectivity index (χ0v) is 20.4. The first kappa shape index (κ1) is 25.4. The van der Waals surface area contributed by atoms with E-state index in [2.05, 4.69) is 5.16 Å². The van der Waals surface area contributed by atoms with Crippen molar-refractivity contribution in [1.29, 1.82) is 0 Å². The Balaban J connectivity index is 0.00000210. The molecule has 0 N–H and O–H groups in total. The van der Waals surface area contributed by atoms with Crippen molar-refractivity contribution in [2.24, 2.45) is 5.16 Å². The summed E-state index contributed by atoms with van der Waals surface area (Å²) in [5, 5.41) is 26.7. The number of hydrogen-bond donors (Lipinski definition) is 0. The Morgan fingerprint density at radius 1 is 1.00 bits per heavy atom. The van der Waals surface area contributed by atoms with Crippen LogP contribution in [0.1, 0.15) is 40.0 Å². The summed E-state index contributed by atoms with van der Waals surface area (Å²) >= 11 is 0. The number of carbonyl (C=O) groups is 2. The minimum absolute atomic E-state index is 0. The van der Waals surface area contributed by atoms with Gasteiger partial charge in [0, 0.05) is 23.1 Å². The molecular formula is C18H13NNa2O8. The first-order chi connectivity index (χ1) is 12.9. The minimum atomic E-state index is -1.65. The Morgan fingerprint density at radius 2 is 1.55 bits per heavy atom. The van der Waals surface area contributed by atoms with Crippen molar-refractivity contribution in [3.63, 3.8) is 0 Å². The van der Waals surface area contributed by atoms with Crippen LogP contribution < -0.4 is 80.1 Å². The van der Waals surface area contributed by atoms with Crippen LogP contribution in [0, 0.1) is 0 Å². The molecule has 0 amide bonds. The number of nitrogens with zero attached hydrogens (tertiary/aromatic N) is 1. The van der Waals surface area contributed by atoms with E-state index < -0.39 is 28.9 Å². The molecule has 2 heterocycles. The van der Waals surface area contributed by atoms with Crippen LogP contribution in [0.2, 0.25) is 0 Å². The van der Waals surface area contributed by atoms with Crippen molar-refractivity contribution in [2.75, 3.05) is 7.11 Å². The third-order valence-corrected chi connectivity index (χ3v) is 3.91. The molecule has 0 aliphatic carbocycles. The molecule has 0 aliphatic rings. The molecule has 9 nitrogen and oxygen atoms in total. The Hall–Kier alpha value is -1.62. The zero-order chi connectivity index (χ0) is 19.7. The van der Waals surface area contributed by atoms with E-state index in [9.17, 15) is 24.6 Å². The summed E-state index contributed by atoms with van der Waals surface area (Å²) in [4.78, 5) is 39.6. The molecule has 0 atom stereocenters. The summed E-state index contributed by atoms with van der Waals surface area (Å²) in [6.45, 7) is 1.84. The van der Waals surface area contributed by atoms with Crippen LogP contribution in [0.5, 0.6) is 0 Å². The normalized spacial score (nSPS) is 11.0. The van der Waals surface area contributed by atoms with Crippen LogP contribution >= 0.6 is 0 Å². The second-order valence-corrected chi connectivity index (χ2v) is 5.68. The van der Waals surface area contributed by atoms with Crippen molar-refractivity contribution in [2.45, 2.75) is 19.8 Å². The topological polar surface area (TPSA) is 145 Å². The average Bonchev–Trinajstić information content (AvgIpc) is 2.62. The number of aromatic carboxylic acids is 2. The van der Waals surface area contributed by atoms with Gasteiger partial charge in [0.2, 0.25) is 0 Å². The number of carboxylic acid groups (broad SMARTS) is 2. The molecule has 0 saturated carbocycles. The van der Waals surface area contributed by atoms with Gasteiger partial charge in [-0.3, -0.25) is 4.79 Å². The monoisotopic (exact) mass is 417 g/mol. The molecule has 140 valence electrons. The van der Waals surface area contributed by atoms with E-state index in [1.54, 1.807) is 0 Å². The molecule has 3 aromatic rings. The Bertz CT molecular complexity index is 1210. The zero-order valence-electron chi connectivity index (χ0n) is 16.4. The quantitative estimate of drug-likeness (QED) is 0.226. The Morgan fingerprint density at radius 3 is 2.07 bits per heavy atom. The van der Waals surface area contributed by atoms with Crippen LogP contribution in [0.15, 0.2) is 37.0 Å². The molecule has 0 saturated heterocycles. The van der Waals surface area contributed by atoms with Gasteiger partial charge in [0.05, 0.1) is 5.39 Å². The number of benzene rings is 1. The maximum atomic E-state index is 12.4. The predicted octanol–water partition coefficient (Wildman–Crippen LogP) is -6.31. The van der Waals surface area contributed by atoms with Crippen LogP contribution in [-0.2, 0) is 11.3 Å². The number of rotatable bonds is 5. The molecule has 0 bridgehead atoms. The summed E-state index contributed by atoms with van der Waals surface area (Å²) in [5.74, 6) is -4.36. The number of carbonyl (C=O) groups excluding carboxylic acids is 2. The van der Waals surface area contributed by atoms with Gasteiger partial charge in [-0.05, 0) is 12.5 Å². The maximum Gasteiger partial charge on any atom is 1.00 e. The molecule has 0 unspecified atom stereocenters. The molecule has 1 aromatic carbocycles. The van der Waals surface area contributed by atoms with Gasteiger partial charge in [-0.1, -0.05) is 18.5 Å². The second-order valence-electron chi connectivity index (χ2n) is 5.68. The van der Waals surface area contributed by atoms with Gasteiger partial charge in [-0.2, -0.15) is 0 Å². The van der Waals surface area contributed by atoms with Crippen molar-refractivity contribution < 1.29 is 92.6 Å². The summed E-state index contributed by atoms with van der Waals surface area (Å²) in [5.41, 5.74) is -0.193. The van der Waals surface area contributed by atoms with Gasteiger partial charge in [-0.25, -0.2) is 0 Å². The standard InChI is InChI=1S/C18H15NO8.2Na/c1-3-4-8-15-9(11(19-25-2)6-13(26-15)17(21)22)5-10-12(20)7-14(18(23)24)27-16(8)10;;/h5-7H,3-4H2,1-2H3,(H,21,22)(H,23,24);;/q;2*+1/p-2/b19-11-;;. The van der Waals surface area contributed by atoms with Crippen LogP contribution in [0.25, 0.3) is 21.9 Å². The summed E-state index contributed by atoms with van der Waals surface area (Å²) in [6.07, 6.45) is 0.898. The van der Waals surface area contributed by atoms with Crippen LogP contribution in [0.4, 0.5) is 0 Å².